The van der Waals surface area contributed by atoms with E-state index in [4.69, 9.17) is 11.6 Å². The Labute approximate surface area is 337 Å². The normalized spacial score (nSPS) is 11.8. The molecule has 0 atom stereocenters. The van der Waals surface area contributed by atoms with Crippen molar-refractivity contribution in [2.24, 2.45) is 0 Å². The third-order valence-corrected chi connectivity index (χ3v) is 9.17. The van der Waals surface area contributed by atoms with Crippen LogP contribution in [0.15, 0.2) is 213 Å². The highest BCUT2D eigenvalue weighted by molar-refractivity contribution is 6.17. The quantitative estimate of drug-likeness (QED) is 0.103. The van der Waals surface area contributed by atoms with Gasteiger partial charge in [0.25, 0.3) is 0 Å². The molecule has 0 saturated carbocycles. The molecule has 5 nitrogen and oxygen atoms in total. The van der Waals surface area contributed by atoms with Crippen molar-refractivity contribution in [2.75, 3.05) is 0 Å². The van der Waals surface area contributed by atoms with Crippen molar-refractivity contribution in [3.05, 3.63) is 252 Å². The fraction of sp³-hybridized carbons (Fsp3) is 0.120. The zero-order chi connectivity index (χ0) is 39.0. The van der Waals surface area contributed by atoms with Crippen LogP contribution in [0.3, 0.4) is 0 Å². The number of carbonyl (C=O) groups is 1. The average molecular weight is 757 g/mol. The van der Waals surface area contributed by atoms with Crippen molar-refractivity contribution >= 4 is 24.0 Å². The summed E-state index contributed by atoms with van der Waals surface area (Å²) in [5, 5.41) is 0. The number of rotatable bonds is 10. The molecule has 1 aliphatic rings. The van der Waals surface area contributed by atoms with Gasteiger partial charge in [-0.2, -0.15) is 0 Å². The molecule has 0 spiro atoms. The number of aldehydes is 1. The molecule has 0 fully saturated rings. The lowest BCUT2D eigenvalue weighted by Gasteiger charge is -2.31. The van der Waals surface area contributed by atoms with Crippen LogP contribution in [0.1, 0.15) is 44.0 Å². The number of alkyl halides is 1. The van der Waals surface area contributed by atoms with Crippen LogP contribution in [0, 0.1) is 6.92 Å². The second-order valence-corrected chi connectivity index (χ2v) is 13.3. The summed E-state index contributed by atoms with van der Waals surface area (Å²) in [6, 6.07) is 61.2. The lowest BCUT2D eigenvalue weighted by atomic mass is 10.1. The van der Waals surface area contributed by atoms with Crippen molar-refractivity contribution in [3.8, 4) is 0 Å². The van der Waals surface area contributed by atoms with E-state index < -0.39 is 0 Å². The first-order valence-corrected chi connectivity index (χ1v) is 19.3. The number of benzene rings is 6. The third-order valence-electron chi connectivity index (χ3n) is 8.86. The molecule has 1 aliphatic heterocycles. The lowest BCUT2D eigenvalue weighted by molar-refractivity contribution is 0.112. The molecule has 282 valence electrons. The number of hydrogen-bond donors (Lipinski definition) is 0. The Morgan fingerprint density at radius 3 is 1.29 bits per heavy atom. The Kier molecular flexibility index (Phi) is 17.0. The van der Waals surface area contributed by atoms with E-state index in [-0.39, 0.29) is 6.17 Å². The Morgan fingerprint density at radius 2 is 0.929 bits per heavy atom. The van der Waals surface area contributed by atoms with E-state index in [0.29, 0.717) is 5.88 Å². The SMILES string of the molecule is C(=CC1N(Cc2ccccc2)C=CN1Cc1ccccc1)c1ccccc1.Cc1nccn1Cc1ccccc1.ClCc1ccccc1.O=Cc1ccccc1. The average Bonchev–Trinajstić information content (AvgIpc) is 3.86. The van der Waals surface area contributed by atoms with E-state index >= 15 is 0 Å². The second-order valence-electron chi connectivity index (χ2n) is 13.0. The summed E-state index contributed by atoms with van der Waals surface area (Å²) in [5.74, 6) is 1.67. The van der Waals surface area contributed by atoms with Crippen LogP contribution < -0.4 is 0 Å². The van der Waals surface area contributed by atoms with Crippen molar-refractivity contribution < 1.29 is 4.79 Å². The van der Waals surface area contributed by atoms with Gasteiger partial charge in [-0.25, -0.2) is 4.98 Å². The molecule has 0 saturated heterocycles. The molecule has 0 radical (unpaired) electrons. The van der Waals surface area contributed by atoms with Crippen LogP contribution in [0.25, 0.3) is 6.08 Å². The van der Waals surface area contributed by atoms with Gasteiger partial charge in [0.2, 0.25) is 0 Å². The van der Waals surface area contributed by atoms with Crippen LogP contribution in [-0.2, 0) is 25.5 Å². The van der Waals surface area contributed by atoms with Gasteiger partial charge in [0.1, 0.15) is 18.3 Å². The summed E-state index contributed by atoms with van der Waals surface area (Å²) < 4.78 is 2.13. The predicted molar refractivity (Wildman–Crippen MR) is 233 cm³/mol. The maximum Gasteiger partial charge on any atom is 0.150 e. The molecular weight excluding hydrogens is 708 g/mol. The maximum absolute atomic E-state index is 10.0. The highest BCUT2D eigenvalue weighted by Crippen LogP contribution is 2.23. The smallest absolute Gasteiger partial charge is 0.150 e. The van der Waals surface area contributed by atoms with E-state index in [1.54, 1.807) is 12.1 Å². The summed E-state index contributed by atoms with van der Waals surface area (Å²) in [6.07, 6.45) is 13.8. The molecule has 0 aliphatic carbocycles. The van der Waals surface area contributed by atoms with Gasteiger partial charge in [0.15, 0.2) is 0 Å². The zero-order valence-corrected chi connectivity index (χ0v) is 32.6. The minimum absolute atomic E-state index is 0.200. The van der Waals surface area contributed by atoms with E-state index in [1.165, 1.54) is 27.8 Å². The van der Waals surface area contributed by atoms with E-state index in [9.17, 15) is 4.79 Å². The lowest BCUT2D eigenvalue weighted by Crippen LogP contribution is -2.36. The number of halogens is 1. The van der Waals surface area contributed by atoms with Gasteiger partial charge >= 0.3 is 0 Å². The van der Waals surface area contributed by atoms with Crippen LogP contribution >= 0.6 is 11.6 Å². The minimum atomic E-state index is 0.200. The first kappa shape index (κ1) is 40.7. The van der Waals surface area contributed by atoms with Crippen LogP contribution in [-0.4, -0.2) is 31.8 Å². The van der Waals surface area contributed by atoms with Gasteiger partial charge in [-0.1, -0.05) is 188 Å². The second kappa shape index (κ2) is 23.4. The van der Waals surface area contributed by atoms with E-state index in [1.807, 2.05) is 73.9 Å². The van der Waals surface area contributed by atoms with E-state index in [0.717, 1.165) is 37.3 Å². The van der Waals surface area contributed by atoms with Crippen molar-refractivity contribution in [3.63, 3.8) is 0 Å². The van der Waals surface area contributed by atoms with Crippen LogP contribution in [0.5, 0.6) is 0 Å². The standard InChI is InChI=1S/C25H24N2.C11H12N2.C7H7Cl.C7H6O/c1-4-10-22(11-5-1)16-17-25-26(20-23-12-6-2-7-13-23)18-19-27(25)21-24-14-8-3-9-15-24;1-10-12-7-8-13(10)9-11-5-3-2-4-6-11;2*8-6-7-4-2-1-3-5-7/h1-19,25H,20-21H2;2-8H,9H2,1H3;1-5H,6H2;1-6H. The summed E-state index contributed by atoms with van der Waals surface area (Å²) in [7, 11) is 0. The van der Waals surface area contributed by atoms with Crippen molar-refractivity contribution in [1.82, 2.24) is 19.4 Å². The third kappa shape index (κ3) is 14.1. The van der Waals surface area contributed by atoms with Gasteiger partial charge < -0.3 is 14.4 Å². The van der Waals surface area contributed by atoms with Gasteiger partial charge in [-0.05, 0) is 40.8 Å². The Morgan fingerprint density at radius 1 is 0.536 bits per heavy atom. The van der Waals surface area contributed by atoms with Gasteiger partial charge in [0, 0.05) is 55.9 Å². The highest BCUT2D eigenvalue weighted by Gasteiger charge is 2.24. The largest absolute Gasteiger partial charge is 0.348 e. The number of nitrogens with zero attached hydrogens (tertiary/aromatic N) is 4. The van der Waals surface area contributed by atoms with Gasteiger partial charge in [-0.3, -0.25) is 4.79 Å². The molecule has 2 heterocycles. The molecular formula is C50H49ClN4O. The number of hydrogen-bond acceptors (Lipinski definition) is 4. The zero-order valence-electron chi connectivity index (χ0n) is 31.8. The molecule has 0 bridgehead atoms. The molecule has 6 aromatic carbocycles. The number of aromatic nitrogens is 2. The van der Waals surface area contributed by atoms with Crippen LogP contribution in [0.2, 0.25) is 0 Å². The van der Waals surface area contributed by atoms with E-state index in [2.05, 4.69) is 159 Å². The molecule has 8 rings (SSSR count). The van der Waals surface area contributed by atoms with Crippen molar-refractivity contribution in [2.45, 2.75) is 38.6 Å². The maximum atomic E-state index is 10.0. The summed E-state index contributed by atoms with van der Waals surface area (Å²) in [5.41, 5.74) is 7.08. The number of aryl methyl sites for hydroxylation is 1. The summed E-state index contributed by atoms with van der Waals surface area (Å²) in [4.78, 5) is 19.0. The monoisotopic (exact) mass is 756 g/mol. The Balaban J connectivity index is 0.000000169. The van der Waals surface area contributed by atoms with Gasteiger partial charge in [-0.15, -0.1) is 11.6 Å². The predicted octanol–water partition coefficient (Wildman–Crippen LogP) is 11.7. The fourth-order valence-electron chi connectivity index (χ4n) is 5.85. The molecule has 7 aromatic rings. The molecule has 0 N–H and O–H groups in total. The van der Waals surface area contributed by atoms with Crippen molar-refractivity contribution in [1.29, 1.82) is 0 Å². The highest BCUT2D eigenvalue weighted by atomic mass is 35.5. The molecule has 56 heavy (non-hydrogen) atoms. The Bertz CT molecular complexity index is 2090. The minimum Gasteiger partial charge on any atom is -0.348 e. The molecule has 0 unspecified atom stereocenters. The number of imidazole rings is 1. The number of carbonyl (C=O) groups excluding carboxylic acids is 1. The van der Waals surface area contributed by atoms with Crippen LogP contribution in [0.4, 0.5) is 0 Å². The van der Waals surface area contributed by atoms with Gasteiger partial charge in [0.05, 0.1) is 0 Å². The Hall–Kier alpha value is -6.43. The molecule has 6 heteroatoms. The summed E-state index contributed by atoms with van der Waals surface area (Å²) >= 11 is 5.53. The fourth-order valence-corrected chi connectivity index (χ4v) is 6.03. The topological polar surface area (TPSA) is 41.4 Å². The molecule has 1 aromatic heterocycles. The summed E-state index contributed by atoms with van der Waals surface area (Å²) in [6.45, 7) is 4.72. The first-order chi connectivity index (χ1) is 27.6. The molecule has 0 amide bonds. The first-order valence-electron chi connectivity index (χ1n) is 18.7.